The molecule has 1 N–H and O–H groups in total. The maximum absolute atomic E-state index is 12.5. The minimum absolute atomic E-state index is 0.00767. The molecule has 236 valence electrons. The average molecular weight is 616 g/mol. The van der Waals surface area contributed by atoms with Crippen molar-refractivity contribution >= 4 is 11.9 Å². The Kier molecular flexibility index (Phi) is 9.67. The fraction of sp³-hybridized carbons (Fsp3) is 0.500. The van der Waals surface area contributed by atoms with Gasteiger partial charge in [0.15, 0.2) is 12.4 Å². The zero-order valence-corrected chi connectivity index (χ0v) is 25.7. The van der Waals surface area contributed by atoms with Gasteiger partial charge in [0.25, 0.3) is 5.91 Å². The number of aromatic nitrogens is 4. The molecule has 0 bridgehead atoms. The van der Waals surface area contributed by atoms with Gasteiger partial charge in [0.1, 0.15) is 5.69 Å². The van der Waals surface area contributed by atoms with Crippen LogP contribution in [0.15, 0.2) is 41.3 Å². The number of amides is 3. The second-order valence-electron chi connectivity index (χ2n) is 11.4. The van der Waals surface area contributed by atoms with E-state index in [-0.39, 0.29) is 29.8 Å². The van der Waals surface area contributed by atoms with Crippen LogP contribution in [-0.2, 0) is 7.05 Å². The van der Waals surface area contributed by atoms with Crippen LogP contribution >= 0.6 is 0 Å². The topological polar surface area (TPSA) is 173 Å². The smallest absolute Gasteiger partial charge is 0.317 e. The zero-order valence-electron chi connectivity index (χ0n) is 25.7. The van der Waals surface area contributed by atoms with E-state index < -0.39 is 0 Å². The van der Waals surface area contributed by atoms with Crippen molar-refractivity contribution in [2.24, 2.45) is 7.05 Å². The summed E-state index contributed by atoms with van der Waals surface area (Å²) in [4.78, 5) is 35.7. The van der Waals surface area contributed by atoms with E-state index in [1.54, 1.807) is 50.8 Å². The van der Waals surface area contributed by atoms with Gasteiger partial charge in [-0.3, -0.25) is 9.48 Å². The summed E-state index contributed by atoms with van der Waals surface area (Å²) in [5.74, 6) is 0.755. The third-order valence-electron chi connectivity index (χ3n) is 8.46. The maximum Gasteiger partial charge on any atom is 0.317 e. The molecule has 45 heavy (non-hydrogen) atoms. The van der Waals surface area contributed by atoms with Crippen LogP contribution < -0.4 is 10.1 Å². The number of likely N-dealkylation sites (tertiary alicyclic amines) is 3. The molecule has 0 aliphatic carbocycles. The van der Waals surface area contributed by atoms with Gasteiger partial charge in [-0.15, -0.1) is 0 Å². The molecule has 0 radical (unpaired) electrons. The normalized spacial score (nSPS) is 20.6. The Morgan fingerprint density at radius 2 is 1.87 bits per heavy atom. The van der Waals surface area contributed by atoms with Crippen LogP contribution in [0.4, 0.5) is 4.79 Å². The summed E-state index contributed by atoms with van der Waals surface area (Å²) in [6.45, 7) is 4.09. The summed E-state index contributed by atoms with van der Waals surface area (Å²) in [5, 5.41) is 28.9. The lowest BCUT2D eigenvalue weighted by Crippen LogP contribution is -2.44. The highest BCUT2D eigenvalue weighted by molar-refractivity contribution is 5.92. The van der Waals surface area contributed by atoms with Crippen LogP contribution in [0.25, 0.3) is 11.3 Å². The minimum atomic E-state index is -0.250. The van der Waals surface area contributed by atoms with Crippen LogP contribution in [0.5, 0.6) is 5.88 Å². The fourth-order valence-corrected chi connectivity index (χ4v) is 5.78. The lowest BCUT2D eigenvalue weighted by atomic mass is 10.0. The van der Waals surface area contributed by atoms with Gasteiger partial charge in [0.05, 0.1) is 25.4 Å². The monoisotopic (exact) mass is 615 g/mol. The minimum Gasteiger partial charge on any atom is -0.481 e. The number of methoxy groups -OCH3 is 1. The van der Waals surface area contributed by atoms with Crippen molar-refractivity contribution in [1.82, 2.24) is 44.8 Å². The van der Waals surface area contributed by atoms with Gasteiger partial charge < -0.3 is 34.2 Å². The van der Waals surface area contributed by atoms with E-state index in [2.05, 4.69) is 32.9 Å². The van der Waals surface area contributed by atoms with Crippen LogP contribution in [0.3, 0.4) is 0 Å². The second-order valence-corrected chi connectivity index (χ2v) is 11.4. The van der Waals surface area contributed by atoms with E-state index in [0.29, 0.717) is 37.1 Å². The van der Waals surface area contributed by atoms with Crippen molar-refractivity contribution in [1.29, 1.82) is 10.5 Å². The Balaban J connectivity index is 0.000000179. The van der Waals surface area contributed by atoms with Crippen LogP contribution in [-0.4, -0.2) is 117 Å². The van der Waals surface area contributed by atoms with Gasteiger partial charge in [-0.2, -0.15) is 15.6 Å². The molecule has 3 fully saturated rings. The van der Waals surface area contributed by atoms with E-state index in [9.17, 15) is 9.59 Å². The number of nitrogens with one attached hydrogen (secondary N) is 1. The predicted molar refractivity (Wildman–Crippen MR) is 160 cm³/mol. The molecule has 3 aliphatic rings. The van der Waals surface area contributed by atoms with E-state index in [4.69, 9.17) is 19.8 Å². The zero-order chi connectivity index (χ0) is 31.9. The van der Waals surface area contributed by atoms with E-state index in [1.807, 2.05) is 24.3 Å². The number of hydrogen-bond donors (Lipinski definition) is 1. The molecule has 3 amide bonds. The highest BCUT2D eigenvalue weighted by Gasteiger charge is 2.32. The molecule has 3 atom stereocenters. The molecular weight excluding hydrogens is 578 g/mol. The van der Waals surface area contributed by atoms with Crippen molar-refractivity contribution in [3.8, 4) is 29.5 Å². The molecule has 15 nitrogen and oxygen atoms in total. The summed E-state index contributed by atoms with van der Waals surface area (Å²) in [6, 6.07) is 5.16. The number of aryl methyl sites for hydroxylation is 1. The number of carbonyl (C=O) groups excluding carboxylic acids is 2. The third-order valence-corrected chi connectivity index (χ3v) is 8.46. The van der Waals surface area contributed by atoms with Crippen molar-refractivity contribution in [2.45, 2.75) is 37.3 Å². The molecular formula is C30H37N11O4. The summed E-state index contributed by atoms with van der Waals surface area (Å²) in [6.07, 6.45) is 12.3. The molecule has 3 aliphatic heterocycles. The lowest BCUT2D eigenvalue weighted by Gasteiger charge is -2.22. The predicted octanol–water partition coefficient (Wildman–Crippen LogP) is 1.85. The SMILES string of the molecule is COc1cc(-c2cc(C(=O)N(C)[C@@H]3CCN(C#N)C3)on2)ccn1.Cn1cc(C2CCN(C(=O)N[C@@H]3CCN(C#N)C3)C2)cn1. The van der Waals surface area contributed by atoms with Crippen LogP contribution in [0.2, 0.25) is 0 Å². The van der Waals surface area contributed by atoms with Crippen molar-refractivity contribution in [3.63, 3.8) is 0 Å². The highest BCUT2D eigenvalue weighted by atomic mass is 16.5. The molecule has 6 heterocycles. The summed E-state index contributed by atoms with van der Waals surface area (Å²) in [7, 11) is 5.15. The molecule has 0 aromatic carbocycles. The van der Waals surface area contributed by atoms with E-state index in [1.165, 1.54) is 12.7 Å². The first kappa shape index (κ1) is 31.1. The number of rotatable bonds is 6. The third kappa shape index (κ3) is 7.44. The Morgan fingerprint density at radius 1 is 1.09 bits per heavy atom. The molecule has 3 aromatic rings. The maximum atomic E-state index is 12.5. The van der Waals surface area contributed by atoms with Gasteiger partial charge in [0.2, 0.25) is 11.6 Å². The number of hydrogen-bond acceptors (Lipinski definition) is 11. The van der Waals surface area contributed by atoms with Gasteiger partial charge in [0, 0.05) is 89.4 Å². The first-order valence-electron chi connectivity index (χ1n) is 14.9. The molecule has 1 unspecified atom stereocenters. The standard InChI is InChI=1S/C16H17N5O3.C14H20N6O/c1-20(12-4-6-21(9-12)10-17)16(22)14-8-13(19-24-14)11-3-5-18-15(7-11)23-2;1-18-7-12(6-16-18)11-2-5-20(8-11)14(21)17-13-3-4-19(9-13)10-15/h3,5,7-8,12H,4,6,9H2,1-2H3;6-7,11,13H,2-5,8-9H2,1H3,(H,17,21)/t12-;11?,13-/m11/s1. The van der Waals surface area contributed by atoms with Crippen molar-refractivity contribution in [2.75, 3.05) is 53.4 Å². The number of likely N-dealkylation sites (N-methyl/N-ethyl adjacent to an activating group) is 1. The first-order chi connectivity index (χ1) is 21.8. The van der Waals surface area contributed by atoms with Crippen LogP contribution in [0.1, 0.15) is 41.3 Å². The molecule has 3 saturated heterocycles. The first-order valence-corrected chi connectivity index (χ1v) is 14.9. The Morgan fingerprint density at radius 3 is 2.56 bits per heavy atom. The summed E-state index contributed by atoms with van der Waals surface area (Å²) in [5.41, 5.74) is 2.49. The molecule has 6 rings (SSSR count). The number of nitrogens with zero attached hydrogens (tertiary/aromatic N) is 10. The highest BCUT2D eigenvalue weighted by Crippen LogP contribution is 2.27. The average Bonchev–Trinajstić information content (AvgIpc) is 3.90. The number of ether oxygens (including phenoxy) is 1. The van der Waals surface area contributed by atoms with E-state index >= 15 is 0 Å². The Hall–Kier alpha value is -5.31. The van der Waals surface area contributed by atoms with Crippen molar-refractivity contribution < 1.29 is 18.8 Å². The number of pyridine rings is 1. The molecule has 3 aromatic heterocycles. The molecule has 0 spiro atoms. The number of urea groups is 1. The second kappa shape index (κ2) is 14.0. The number of carbonyl (C=O) groups is 2. The molecule has 0 saturated carbocycles. The lowest BCUT2D eigenvalue weighted by molar-refractivity contribution is 0.0697. The van der Waals surface area contributed by atoms with Gasteiger partial charge in [-0.1, -0.05) is 5.16 Å². The van der Waals surface area contributed by atoms with Crippen LogP contribution in [0, 0.1) is 22.9 Å². The van der Waals surface area contributed by atoms with Gasteiger partial charge >= 0.3 is 6.03 Å². The van der Waals surface area contributed by atoms with Crippen molar-refractivity contribution in [3.05, 3.63) is 48.1 Å². The molecule has 15 heteroatoms. The largest absolute Gasteiger partial charge is 0.481 e. The van der Waals surface area contributed by atoms with Gasteiger partial charge in [-0.05, 0) is 30.9 Å². The fourth-order valence-electron chi connectivity index (χ4n) is 5.78. The summed E-state index contributed by atoms with van der Waals surface area (Å²) < 4.78 is 12.1. The quantitative estimate of drug-likeness (QED) is 0.401. The Labute approximate surface area is 261 Å². The van der Waals surface area contributed by atoms with Gasteiger partial charge in [-0.25, -0.2) is 9.78 Å². The Bertz CT molecular complexity index is 1570. The van der Waals surface area contributed by atoms with E-state index in [0.717, 1.165) is 44.5 Å². The summed E-state index contributed by atoms with van der Waals surface area (Å²) >= 11 is 0. The number of nitriles is 2.